The second kappa shape index (κ2) is 4.66. The van der Waals surface area contributed by atoms with Gasteiger partial charge >= 0.3 is 0 Å². The number of imidazole rings is 1. The molecule has 84 valence electrons. The van der Waals surface area contributed by atoms with E-state index in [-0.39, 0.29) is 0 Å². The molecule has 0 aliphatic rings. The van der Waals surface area contributed by atoms with Crippen LogP contribution in [0.1, 0.15) is 16.8 Å². The van der Waals surface area contributed by atoms with Gasteiger partial charge in [0, 0.05) is 18.4 Å². The number of aromatic amines is 1. The summed E-state index contributed by atoms with van der Waals surface area (Å²) < 4.78 is 2.91. The van der Waals surface area contributed by atoms with Crippen LogP contribution in [0.5, 0.6) is 0 Å². The largest absolute Gasteiger partial charge is 0.335 e. The van der Waals surface area contributed by atoms with Crippen LogP contribution in [-0.4, -0.2) is 9.55 Å². The predicted octanol–water partition coefficient (Wildman–Crippen LogP) is 3.41. The van der Waals surface area contributed by atoms with Gasteiger partial charge in [0.1, 0.15) is 0 Å². The number of aromatic nitrogens is 2. The fourth-order valence-corrected chi connectivity index (χ4v) is 2.17. The van der Waals surface area contributed by atoms with Gasteiger partial charge in [-0.1, -0.05) is 24.3 Å². The maximum absolute atomic E-state index is 5.23. The third kappa shape index (κ3) is 2.42. The molecule has 0 spiro atoms. The molecule has 3 heteroatoms. The molecular formula is C13H16N2S. The van der Waals surface area contributed by atoms with Crippen molar-refractivity contribution in [3.63, 3.8) is 0 Å². The Hall–Kier alpha value is -1.35. The maximum atomic E-state index is 5.23. The normalized spacial score (nSPS) is 10.6. The highest BCUT2D eigenvalue weighted by Gasteiger charge is 1.99. The van der Waals surface area contributed by atoms with Crippen LogP contribution in [0.3, 0.4) is 0 Å². The van der Waals surface area contributed by atoms with Gasteiger partial charge < -0.3 is 9.55 Å². The van der Waals surface area contributed by atoms with E-state index in [0.717, 1.165) is 23.4 Å². The molecule has 0 fully saturated rings. The first-order chi connectivity index (χ1) is 7.66. The molecule has 1 heterocycles. The Morgan fingerprint density at radius 3 is 2.62 bits per heavy atom. The summed E-state index contributed by atoms with van der Waals surface area (Å²) in [5.41, 5.74) is 3.86. The van der Waals surface area contributed by atoms with Crippen molar-refractivity contribution < 1.29 is 0 Å². The Morgan fingerprint density at radius 1 is 1.25 bits per heavy atom. The average Bonchev–Trinajstić information content (AvgIpc) is 2.56. The number of rotatable bonds is 3. The van der Waals surface area contributed by atoms with E-state index in [1.165, 1.54) is 11.1 Å². The van der Waals surface area contributed by atoms with E-state index in [0.29, 0.717) is 0 Å². The second-order valence-electron chi connectivity index (χ2n) is 4.11. The zero-order valence-electron chi connectivity index (χ0n) is 9.66. The van der Waals surface area contributed by atoms with Crippen molar-refractivity contribution in [2.24, 2.45) is 0 Å². The Balaban J connectivity index is 2.11. The molecule has 2 rings (SSSR count). The molecule has 0 unspecified atom stereocenters. The molecule has 1 aromatic heterocycles. The van der Waals surface area contributed by atoms with E-state index in [1.54, 1.807) is 0 Å². The Morgan fingerprint density at radius 2 is 2.00 bits per heavy atom. The number of aryl methyl sites for hydroxylation is 4. The minimum atomic E-state index is 0.811. The van der Waals surface area contributed by atoms with E-state index in [1.807, 2.05) is 6.92 Å². The van der Waals surface area contributed by atoms with Crippen LogP contribution >= 0.6 is 12.2 Å². The molecule has 0 aliphatic heterocycles. The molecule has 0 amide bonds. The molecule has 0 bridgehead atoms. The minimum absolute atomic E-state index is 0.811. The zero-order chi connectivity index (χ0) is 11.5. The van der Waals surface area contributed by atoms with Crippen LogP contribution < -0.4 is 0 Å². The summed E-state index contributed by atoms with van der Waals surface area (Å²) in [6.45, 7) is 5.12. The highest BCUT2D eigenvalue weighted by Crippen LogP contribution is 2.09. The van der Waals surface area contributed by atoms with Crippen molar-refractivity contribution in [2.75, 3.05) is 0 Å². The first-order valence-corrected chi connectivity index (χ1v) is 5.88. The number of nitrogens with zero attached hydrogens (tertiary/aromatic N) is 1. The average molecular weight is 232 g/mol. The van der Waals surface area contributed by atoms with Crippen molar-refractivity contribution >= 4 is 12.2 Å². The lowest BCUT2D eigenvalue weighted by atomic mass is 10.1. The monoisotopic (exact) mass is 232 g/mol. The van der Waals surface area contributed by atoms with Crippen molar-refractivity contribution in [2.45, 2.75) is 26.8 Å². The van der Waals surface area contributed by atoms with E-state index < -0.39 is 0 Å². The molecule has 0 atom stereocenters. The summed E-state index contributed by atoms with van der Waals surface area (Å²) in [6, 6.07) is 8.49. The number of H-pyrrole nitrogens is 1. The van der Waals surface area contributed by atoms with Gasteiger partial charge in [-0.3, -0.25) is 0 Å². The van der Waals surface area contributed by atoms with Crippen LogP contribution in [-0.2, 0) is 13.0 Å². The van der Waals surface area contributed by atoms with E-state index >= 15 is 0 Å². The van der Waals surface area contributed by atoms with Crippen molar-refractivity contribution in [3.05, 3.63) is 52.1 Å². The smallest absolute Gasteiger partial charge is 0.177 e. The maximum Gasteiger partial charge on any atom is 0.177 e. The highest BCUT2D eigenvalue weighted by atomic mass is 32.1. The molecule has 0 saturated carbocycles. The lowest BCUT2D eigenvalue weighted by molar-refractivity contribution is 0.684. The molecule has 1 N–H and O–H groups in total. The lowest BCUT2D eigenvalue weighted by Gasteiger charge is -2.05. The van der Waals surface area contributed by atoms with Crippen molar-refractivity contribution in [3.8, 4) is 0 Å². The molecule has 0 radical (unpaired) electrons. The second-order valence-corrected chi connectivity index (χ2v) is 4.50. The first kappa shape index (κ1) is 11.1. The summed E-state index contributed by atoms with van der Waals surface area (Å²) in [6.07, 6.45) is 3.10. The highest BCUT2D eigenvalue weighted by molar-refractivity contribution is 7.71. The SMILES string of the molecule is Cc1cn(CCc2ccccc2C)c(=S)[nH]1. The van der Waals surface area contributed by atoms with Gasteiger partial charge in [-0.15, -0.1) is 0 Å². The number of hydrogen-bond acceptors (Lipinski definition) is 1. The van der Waals surface area contributed by atoms with Gasteiger partial charge in [0.25, 0.3) is 0 Å². The Bertz CT molecular complexity index is 537. The molecule has 16 heavy (non-hydrogen) atoms. The standard InChI is InChI=1S/C13H16N2S/c1-10-5-3-4-6-12(10)7-8-15-9-11(2)14-13(15)16/h3-6,9H,7-8H2,1-2H3,(H,14,16). The summed E-state index contributed by atoms with van der Waals surface area (Å²) >= 11 is 5.23. The van der Waals surface area contributed by atoms with Crippen molar-refractivity contribution in [1.29, 1.82) is 0 Å². The number of hydrogen-bond donors (Lipinski definition) is 1. The fourth-order valence-electron chi connectivity index (χ4n) is 1.86. The summed E-state index contributed by atoms with van der Waals surface area (Å²) in [4.78, 5) is 3.14. The molecule has 0 saturated heterocycles. The van der Waals surface area contributed by atoms with E-state index in [9.17, 15) is 0 Å². The molecule has 0 aliphatic carbocycles. The van der Waals surface area contributed by atoms with Gasteiger partial charge in [-0.05, 0) is 43.6 Å². The van der Waals surface area contributed by atoms with Crippen LogP contribution in [0, 0.1) is 18.6 Å². The van der Waals surface area contributed by atoms with Gasteiger partial charge in [-0.25, -0.2) is 0 Å². The lowest BCUT2D eigenvalue weighted by Crippen LogP contribution is -2.01. The van der Waals surface area contributed by atoms with Crippen LogP contribution in [0.4, 0.5) is 0 Å². The Kier molecular flexibility index (Phi) is 3.25. The fraction of sp³-hybridized carbons (Fsp3) is 0.308. The zero-order valence-corrected chi connectivity index (χ0v) is 10.5. The van der Waals surface area contributed by atoms with Crippen molar-refractivity contribution in [1.82, 2.24) is 9.55 Å². The summed E-state index contributed by atoms with van der Waals surface area (Å²) in [5, 5.41) is 0. The van der Waals surface area contributed by atoms with Gasteiger partial charge in [0.15, 0.2) is 4.77 Å². The molecule has 2 aromatic rings. The molecular weight excluding hydrogens is 216 g/mol. The van der Waals surface area contributed by atoms with E-state index in [4.69, 9.17) is 12.2 Å². The topological polar surface area (TPSA) is 20.7 Å². The number of nitrogens with one attached hydrogen (secondary N) is 1. The van der Waals surface area contributed by atoms with Gasteiger partial charge in [-0.2, -0.15) is 0 Å². The van der Waals surface area contributed by atoms with Crippen LogP contribution in [0.15, 0.2) is 30.5 Å². The summed E-state index contributed by atoms with van der Waals surface area (Å²) in [7, 11) is 0. The van der Waals surface area contributed by atoms with Crippen LogP contribution in [0.25, 0.3) is 0 Å². The van der Waals surface area contributed by atoms with E-state index in [2.05, 4.69) is 46.9 Å². The molecule has 1 aromatic carbocycles. The molecule has 2 nitrogen and oxygen atoms in total. The van der Waals surface area contributed by atoms with Gasteiger partial charge in [0.2, 0.25) is 0 Å². The third-order valence-corrected chi connectivity index (χ3v) is 3.13. The Labute approximate surface area is 101 Å². The summed E-state index contributed by atoms with van der Waals surface area (Å²) in [5.74, 6) is 0. The predicted molar refractivity (Wildman–Crippen MR) is 69.2 cm³/mol. The third-order valence-electron chi connectivity index (χ3n) is 2.80. The van der Waals surface area contributed by atoms with Crippen LogP contribution in [0.2, 0.25) is 0 Å². The first-order valence-electron chi connectivity index (χ1n) is 5.47. The minimum Gasteiger partial charge on any atom is -0.335 e. The number of benzene rings is 1. The quantitative estimate of drug-likeness (QED) is 0.804. The van der Waals surface area contributed by atoms with Gasteiger partial charge in [0.05, 0.1) is 0 Å².